The summed E-state index contributed by atoms with van der Waals surface area (Å²) in [6.07, 6.45) is 2.77. The first-order chi connectivity index (χ1) is 6.61. The molecule has 0 N–H and O–H groups in total. The van der Waals surface area contributed by atoms with E-state index in [1.807, 2.05) is 25.8 Å². The van der Waals surface area contributed by atoms with Gasteiger partial charge in [0.05, 0.1) is 0 Å². The highest BCUT2D eigenvalue weighted by molar-refractivity contribution is 5.76. The van der Waals surface area contributed by atoms with E-state index in [4.69, 9.17) is 4.74 Å². The Labute approximate surface area is 86.4 Å². The Kier molecular flexibility index (Phi) is 4.39. The van der Waals surface area contributed by atoms with Crippen molar-refractivity contribution in [3.8, 4) is 0 Å². The van der Waals surface area contributed by atoms with E-state index in [-0.39, 0.29) is 5.91 Å². The summed E-state index contributed by atoms with van der Waals surface area (Å²) in [5, 5.41) is 0. The molecule has 1 heterocycles. The Hall–Kier alpha value is -0.570. The lowest BCUT2D eigenvalue weighted by atomic mass is 9.96. The Morgan fingerprint density at radius 1 is 1.43 bits per heavy atom. The zero-order valence-electron chi connectivity index (χ0n) is 9.45. The third-order valence-corrected chi connectivity index (χ3v) is 2.97. The lowest BCUT2D eigenvalue weighted by molar-refractivity contribution is -0.133. The molecule has 0 aromatic rings. The van der Waals surface area contributed by atoms with Crippen LogP contribution in [0.1, 0.15) is 33.1 Å². The van der Waals surface area contributed by atoms with Crippen LogP contribution in [0.5, 0.6) is 0 Å². The normalized spacial score (nSPS) is 18.6. The number of nitrogens with zero attached hydrogens (tertiary/aromatic N) is 1. The van der Waals surface area contributed by atoms with Crippen LogP contribution in [0, 0.1) is 5.92 Å². The molecule has 1 rings (SSSR count). The van der Waals surface area contributed by atoms with Crippen molar-refractivity contribution < 1.29 is 9.53 Å². The van der Waals surface area contributed by atoms with Crippen molar-refractivity contribution in [2.24, 2.45) is 5.92 Å². The molecule has 82 valence electrons. The highest BCUT2D eigenvalue weighted by Gasteiger charge is 2.20. The van der Waals surface area contributed by atoms with Gasteiger partial charge < -0.3 is 9.64 Å². The maximum Gasteiger partial charge on any atom is 0.222 e. The van der Waals surface area contributed by atoms with Gasteiger partial charge in [-0.3, -0.25) is 4.79 Å². The van der Waals surface area contributed by atoms with E-state index in [9.17, 15) is 4.79 Å². The van der Waals surface area contributed by atoms with Crippen LogP contribution in [0.15, 0.2) is 0 Å². The molecule has 0 radical (unpaired) electrons. The number of hydrogen-bond acceptors (Lipinski definition) is 2. The minimum Gasteiger partial charge on any atom is -0.381 e. The van der Waals surface area contributed by atoms with Crippen LogP contribution in [0.2, 0.25) is 0 Å². The number of carbonyl (C=O) groups is 1. The fraction of sp³-hybridized carbons (Fsp3) is 0.909. The predicted molar refractivity (Wildman–Crippen MR) is 56.1 cm³/mol. The van der Waals surface area contributed by atoms with Crippen molar-refractivity contribution in [3.05, 3.63) is 0 Å². The molecular formula is C11H21NO2. The summed E-state index contributed by atoms with van der Waals surface area (Å²) in [6.45, 7) is 5.73. The molecule has 0 aromatic heterocycles. The summed E-state index contributed by atoms with van der Waals surface area (Å²) in [5.41, 5.74) is 0. The Morgan fingerprint density at radius 3 is 2.50 bits per heavy atom. The first-order valence-electron chi connectivity index (χ1n) is 5.44. The van der Waals surface area contributed by atoms with Crippen molar-refractivity contribution in [1.29, 1.82) is 0 Å². The van der Waals surface area contributed by atoms with Gasteiger partial charge in [-0.15, -0.1) is 0 Å². The number of carbonyl (C=O) groups excluding carboxylic acids is 1. The molecule has 3 nitrogen and oxygen atoms in total. The molecule has 1 aliphatic heterocycles. The maximum absolute atomic E-state index is 11.7. The monoisotopic (exact) mass is 199 g/mol. The summed E-state index contributed by atoms with van der Waals surface area (Å²) in [4.78, 5) is 13.6. The third kappa shape index (κ3) is 3.29. The molecule has 0 unspecified atom stereocenters. The highest BCUT2D eigenvalue weighted by atomic mass is 16.5. The van der Waals surface area contributed by atoms with Crippen molar-refractivity contribution in [2.45, 2.75) is 39.2 Å². The van der Waals surface area contributed by atoms with Gasteiger partial charge >= 0.3 is 0 Å². The van der Waals surface area contributed by atoms with E-state index in [1.54, 1.807) is 0 Å². The van der Waals surface area contributed by atoms with Gasteiger partial charge in [0.25, 0.3) is 0 Å². The van der Waals surface area contributed by atoms with Gasteiger partial charge in [0.15, 0.2) is 0 Å². The van der Waals surface area contributed by atoms with E-state index >= 15 is 0 Å². The van der Waals surface area contributed by atoms with Crippen molar-refractivity contribution >= 4 is 5.91 Å². The second kappa shape index (κ2) is 5.35. The second-order valence-electron chi connectivity index (χ2n) is 4.36. The molecule has 0 aromatic carbocycles. The number of rotatable bonds is 3. The summed E-state index contributed by atoms with van der Waals surface area (Å²) >= 11 is 0. The Balaban J connectivity index is 2.31. The first-order valence-corrected chi connectivity index (χ1v) is 5.44. The van der Waals surface area contributed by atoms with Crippen LogP contribution < -0.4 is 0 Å². The lowest BCUT2D eigenvalue weighted by Gasteiger charge is -2.26. The molecule has 14 heavy (non-hydrogen) atoms. The Morgan fingerprint density at radius 2 is 2.00 bits per heavy atom. The zero-order valence-corrected chi connectivity index (χ0v) is 9.45. The molecule has 0 saturated carbocycles. The number of amides is 1. The SMILES string of the molecule is CC(C)N(C)C(=O)CC1CCOCC1. The first kappa shape index (κ1) is 11.5. The minimum atomic E-state index is 0.270. The van der Waals surface area contributed by atoms with E-state index in [0.717, 1.165) is 26.1 Å². The average Bonchev–Trinajstić information content (AvgIpc) is 2.18. The molecule has 1 fully saturated rings. The lowest BCUT2D eigenvalue weighted by Crippen LogP contribution is -2.35. The van der Waals surface area contributed by atoms with Gasteiger partial charge in [0.1, 0.15) is 0 Å². The van der Waals surface area contributed by atoms with Crippen molar-refractivity contribution in [3.63, 3.8) is 0 Å². The molecule has 0 atom stereocenters. The molecule has 1 amide bonds. The molecule has 3 heteroatoms. The smallest absolute Gasteiger partial charge is 0.222 e. The standard InChI is InChI=1S/C11H21NO2/c1-9(2)12(3)11(13)8-10-4-6-14-7-5-10/h9-10H,4-8H2,1-3H3. The van der Waals surface area contributed by atoms with Crippen LogP contribution in [-0.2, 0) is 9.53 Å². The van der Waals surface area contributed by atoms with E-state index in [1.165, 1.54) is 0 Å². The quantitative estimate of drug-likeness (QED) is 0.692. The van der Waals surface area contributed by atoms with Crippen LogP contribution in [0.3, 0.4) is 0 Å². The fourth-order valence-electron chi connectivity index (χ4n) is 1.63. The molecular weight excluding hydrogens is 178 g/mol. The van der Waals surface area contributed by atoms with Crippen LogP contribution in [-0.4, -0.2) is 37.1 Å². The fourth-order valence-corrected chi connectivity index (χ4v) is 1.63. The van der Waals surface area contributed by atoms with Gasteiger partial charge in [-0.1, -0.05) is 0 Å². The Bertz CT molecular complexity index is 186. The van der Waals surface area contributed by atoms with Crippen LogP contribution in [0.4, 0.5) is 0 Å². The summed E-state index contributed by atoms with van der Waals surface area (Å²) < 4.78 is 5.26. The van der Waals surface area contributed by atoms with Gasteiger partial charge in [-0.2, -0.15) is 0 Å². The topological polar surface area (TPSA) is 29.5 Å². The third-order valence-electron chi connectivity index (χ3n) is 2.97. The van der Waals surface area contributed by atoms with Crippen molar-refractivity contribution in [2.75, 3.05) is 20.3 Å². The summed E-state index contributed by atoms with van der Waals surface area (Å²) in [7, 11) is 1.88. The van der Waals surface area contributed by atoms with E-state index in [0.29, 0.717) is 18.4 Å². The summed E-state index contributed by atoms with van der Waals surface area (Å²) in [5.74, 6) is 0.810. The molecule has 0 aliphatic carbocycles. The maximum atomic E-state index is 11.7. The number of hydrogen-bond donors (Lipinski definition) is 0. The minimum absolute atomic E-state index is 0.270. The van der Waals surface area contributed by atoms with Crippen LogP contribution in [0.25, 0.3) is 0 Å². The molecule has 1 saturated heterocycles. The van der Waals surface area contributed by atoms with Gasteiger partial charge in [-0.05, 0) is 32.6 Å². The molecule has 0 bridgehead atoms. The van der Waals surface area contributed by atoms with E-state index in [2.05, 4.69) is 0 Å². The molecule has 1 aliphatic rings. The average molecular weight is 199 g/mol. The van der Waals surface area contributed by atoms with Gasteiger partial charge in [-0.25, -0.2) is 0 Å². The van der Waals surface area contributed by atoms with Gasteiger partial charge in [0.2, 0.25) is 5.91 Å². The van der Waals surface area contributed by atoms with Crippen molar-refractivity contribution in [1.82, 2.24) is 4.90 Å². The second-order valence-corrected chi connectivity index (χ2v) is 4.36. The largest absolute Gasteiger partial charge is 0.381 e. The number of ether oxygens (including phenoxy) is 1. The zero-order chi connectivity index (χ0) is 10.6. The van der Waals surface area contributed by atoms with E-state index < -0.39 is 0 Å². The van der Waals surface area contributed by atoms with Gasteiger partial charge in [0, 0.05) is 32.7 Å². The predicted octanol–water partition coefficient (Wildman–Crippen LogP) is 1.67. The summed E-state index contributed by atoms with van der Waals surface area (Å²) in [6, 6.07) is 0.308. The van der Waals surface area contributed by atoms with Crippen LogP contribution >= 0.6 is 0 Å². The highest BCUT2D eigenvalue weighted by Crippen LogP contribution is 2.19. The molecule has 0 spiro atoms.